The van der Waals surface area contributed by atoms with Gasteiger partial charge in [0.15, 0.2) is 0 Å². The highest BCUT2D eigenvalue weighted by molar-refractivity contribution is 6.07. The van der Waals surface area contributed by atoms with Crippen molar-refractivity contribution < 1.29 is 19.1 Å². The van der Waals surface area contributed by atoms with Gasteiger partial charge in [-0.2, -0.15) is 0 Å². The fourth-order valence-electron chi connectivity index (χ4n) is 3.31. The molecule has 0 radical (unpaired) electrons. The fraction of sp³-hybridized carbons (Fsp3) is 0.300. The topological polar surface area (TPSA) is 81.9 Å². The van der Waals surface area contributed by atoms with Gasteiger partial charge in [-0.3, -0.25) is 9.59 Å². The first kappa shape index (κ1) is 18.1. The van der Waals surface area contributed by atoms with E-state index in [-0.39, 0.29) is 5.91 Å². The average Bonchev–Trinajstić information content (AvgIpc) is 2.86. The van der Waals surface area contributed by atoms with Crippen LogP contribution in [0.25, 0.3) is 0 Å². The van der Waals surface area contributed by atoms with Gasteiger partial charge in [0.2, 0.25) is 5.91 Å². The highest BCUT2D eigenvalue weighted by atomic mass is 16.7. The van der Waals surface area contributed by atoms with Crippen molar-refractivity contribution in [2.24, 2.45) is 5.73 Å². The van der Waals surface area contributed by atoms with Crippen LogP contribution < -0.4 is 10.6 Å². The molecule has 2 amide bonds. The average molecular weight is 354 g/mol. The van der Waals surface area contributed by atoms with Crippen LogP contribution in [0.15, 0.2) is 36.4 Å². The van der Waals surface area contributed by atoms with E-state index in [4.69, 9.17) is 15.2 Å². The number of nitrogens with two attached hydrogens (primary N) is 1. The van der Waals surface area contributed by atoms with Gasteiger partial charge >= 0.3 is 0 Å². The summed E-state index contributed by atoms with van der Waals surface area (Å²) >= 11 is 0. The van der Waals surface area contributed by atoms with Gasteiger partial charge in [0.1, 0.15) is 0 Å². The normalized spacial score (nSPS) is 15.2. The smallest absolute Gasteiger partial charge is 0.292 e. The number of carbonyl (C=O) groups excluding carboxylic acids is 2. The first-order valence-electron chi connectivity index (χ1n) is 8.26. The van der Waals surface area contributed by atoms with E-state index < -0.39 is 11.7 Å². The van der Waals surface area contributed by atoms with Gasteiger partial charge in [0.05, 0.1) is 12.2 Å². The van der Waals surface area contributed by atoms with E-state index in [9.17, 15) is 9.59 Å². The minimum atomic E-state index is -1.58. The molecular weight excluding hydrogens is 332 g/mol. The molecule has 2 aromatic rings. The van der Waals surface area contributed by atoms with Crippen LogP contribution in [-0.2, 0) is 26.6 Å². The quantitative estimate of drug-likeness (QED) is 0.836. The molecular formula is C20H22N2O4. The SMILES string of the molecule is COC1(OC)C(=O)N(Cc2ccc(C)c(C)c2)c2ccc(C(N)=O)cc21. The van der Waals surface area contributed by atoms with Crippen LogP contribution in [0.3, 0.4) is 0 Å². The number of hydrogen-bond acceptors (Lipinski definition) is 4. The van der Waals surface area contributed by atoms with Crippen molar-refractivity contribution in [1.82, 2.24) is 0 Å². The molecule has 2 aromatic carbocycles. The first-order valence-corrected chi connectivity index (χ1v) is 8.26. The first-order chi connectivity index (χ1) is 12.3. The van der Waals surface area contributed by atoms with Gasteiger partial charge in [0, 0.05) is 25.3 Å². The lowest BCUT2D eigenvalue weighted by molar-refractivity contribution is -0.209. The molecule has 0 bridgehead atoms. The zero-order chi connectivity index (χ0) is 19.1. The molecule has 6 nitrogen and oxygen atoms in total. The lowest BCUT2D eigenvalue weighted by Gasteiger charge is -2.25. The van der Waals surface area contributed by atoms with Crippen LogP contribution in [0, 0.1) is 13.8 Å². The molecule has 1 heterocycles. The molecule has 26 heavy (non-hydrogen) atoms. The highest BCUT2D eigenvalue weighted by Crippen LogP contribution is 2.44. The Labute approximate surface area is 152 Å². The molecule has 0 aromatic heterocycles. The van der Waals surface area contributed by atoms with Crippen molar-refractivity contribution in [2.75, 3.05) is 19.1 Å². The molecule has 0 saturated heterocycles. The van der Waals surface area contributed by atoms with Crippen LogP contribution in [0.4, 0.5) is 5.69 Å². The number of methoxy groups -OCH3 is 2. The summed E-state index contributed by atoms with van der Waals surface area (Å²) < 4.78 is 10.9. The molecule has 0 fully saturated rings. The number of nitrogens with zero attached hydrogens (tertiary/aromatic N) is 1. The maximum atomic E-state index is 13.1. The van der Waals surface area contributed by atoms with Gasteiger partial charge in [-0.25, -0.2) is 0 Å². The van der Waals surface area contributed by atoms with Crippen LogP contribution in [-0.4, -0.2) is 26.0 Å². The molecule has 0 spiro atoms. The van der Waals surface area contributed by atoms with E-state index in [1.165, 1.54) is 19.8 Å². The molecule has 3 rings (SSSR count). The van der Waals surface area contributed by atoms with Gasteiger partial charge < -0.3 is 20.1 Å². The monoisotopic (exact) mass is 354 g/mol. The third-order valence-corrected chi connectivity index (χ3v) is 4.94. The number of ether oxygens (including phenoxy) is 2. The van der Waals surface area contributed by atoms with Crippen molar-refractivity contribution in [3.8, 4) is 0 Å². The minimum absolute atomic E-state index is 0.294. The predicted octanol–water partition coefficient (Wildman–Crippen LogP) is 2.39. The Morgan fingerprint density at radius 2 is 1.77 bits per heavy atom. The zero-order valence-corrected chi connectivity index (χ0v) is 15.3. The van der Waals surface area contributed by atoms with Crippen LogP contribution in [0.1, 0.15) is 32.6 Å². The number of primary amides is 1. The summed E-state index contributed by atoms with van der Waals surface area (Å²) in [6, 6.07) is 10.9. The standard InChI is InChI=1S/C20H22N2O4/c1-12-5-6-14(9-13(12)2)11-22-17-8-7-15(18(21)23)10-16(17)20(25-3,26-4)19(22)24/h5-10H,11H2,1-4H3,(H2,21,23). The second-order valence-corrected chi connectivity index (χ2v) is 6.43. The molecule has 0 saturated carbocycles. The third-order valence-electron chi connectivity index (χ3n) is 4.94. The van der Waals surface area contributed by atoms with Crippen molar-refractivity contribution in [3.05, 3.63) is 64.2 Å². The van der Waals surface area contributed by atoms with Crippen molar-refractivity contribution in [3.63, 3.8) is 0 Å². The zero-order valence-electron chi connectivity index (χ0n) is 15.3. The largest absolute Gasteiger partial charge is 0.366 e. The predicted molar refractivity (Wildman–Crippen MR) is 97.8 cm³/mol. The van der Waals surface area contributed by atoms with E-state index in [1.807, 2.05) is 26.0 Å². The second kappa shape index (κ2) is 6.55. The molecule has 0 unspecified atom stereocenters. The number of aryl methyl sites for hydroxylation is 2. The van der Waals surface area contributed by atoms with E-state index in [1.54, 1.807) is 23.1 Å². The van der Waals surface area contributed by atoms with E-state index in [0.29, 0.717) is 23.4 Å². The van der Waals surface area contributed by atoms with Gasteiger partial charge in [-0.05, 0) is 48.7 Å². The molecule has 136 valence electrons. The Morgan fingerprint density at radius 1 is 1.08 bits per heavy atom. The second-order valence-electron chi connectivity index (χ2n) is 6.43. The summed E-state index contributed by atoms with van der Waals surface area (Å²) in [5.41, 5.74) is 10.1. The minimum Gasteiger partial charge on any atom is -0.366 e. The fourth-order valence-corrected chi connectivity index (χ4v) is 3.31. The van der Waals surface area contributed by atoms with Crippen LogP contribution in [0.5, 0.6) is 0 Å². The Balaban J connectivity index is 2.09. The molecule has 2 N–H and O–H groups in total. The summed E-state index contributed by atoms with van der Waals surface area (Å²) in [5, 5.41) is 0. The molecule has 6 heteroatoms. The summed E-state index contributed by atoms with van der Waals surface area (Å²) in [6.07, 6.45) is 0. The number of rotatable bonds is 5. The number of anilines is 1. The van der Waals surface area contributed by atoms with Gasteiger partial charge in [-0.1, -0.05) is 18.2 Å². The van der Waals surface area contributed by atoms with Crippen LogP contribution >= 0.6 is 0 Å². The molecule has 1 aliphatic rings. The summed E-state index contributed by atoms with van der Waals surface area (Å²) in [7, 11) is 2.81. The number of hydrogen-bond donors (Lipinski definition) is 1. The maximum Gasteiger partial charge on any atom is 0.292 e. The highest BCUT2D eigenvalue weighted by Gasteiger charge is 2.52. The molecule has 0 atom stereocenters. The maximum absolute atomic E-state index is 13.1. The lowest BCUT2D eigenvalue weighted by atomic mass is 10.0. The van der Waals surface area contributed by atoms with Crippen molar-refractivity contribution >= 4 is 17.5 Å². The van der Waals surface area contributed by atoms with Crippen LogP contribution in [0.2, 0.25) is 0 Å². The van der Waals surface area contributed by atoms with Crippen molar-refractivity contribution in [1.29, 1.82) is 0 Å². The Bertz CT molecular complexity index is 887. The van der Waals surface area contributed by atoms with Crippen molar-refractivity contribution in [2.45, 2.75) is 26.2 Å². The number of amides is 2. The van der Waals surface area contributed by atoms with E-state index in [2.05, 4.69) is 6.07 Å². The Morgan fingerprint density at radius 3 is 2.35 bits per heavy atom. The lowest BCUT2D eigenvalue weighted by Crippen LogP contribution is -2.43. The number of carbonyl (C=O) groups is 2. The van der Waals surface area contributed by atoms with E-state index in [0.717, 1.165) is 11.1 Å². The molecule has 0 aliphatic carbocycles. The number of benzene rings is 2. The Kier molecular flexibility index (Phi) is 4.56. The molecule has 1 aliphatic heterocycles. The third kappa shape index (κ3) is 2.67. The number of fused-ring (bicyclic) bond motifs is 1. The summed E-state index contributed by atoms with van der Waals surface area (Å²) in [4.78, 5) is 26.3. The van der Waals surface area contributed by atoms with E-state index >= 15 is 0 Å². The van der Waals surface area contributed by atoms with Gasteiger partial charge in [0.25, 0.3) is 11.7 Å². The summed E-state index contributed by atoms with van der Waals surface area (Å²) in [6.45, 7) is 4.45. The summed E-state index contributed by atoms with van der Waals surface area (Å²) in [5.74, 6) is -2.49. The Hall–Kier alpha value is -2.70. The van der Waals surface area contributed by atoms with Gasteiger partial charge in [-0.15, -0.1) is 0 Å².